The van der Waals surface area contributed by atoms with E-state index in [0.29, 0.717) is 12.3 Å². The maximum atomic E-state index is 13.0. The third-order valence-corrected chi connectivity index (χ3v) is 3.30. The van der Waals surface area contributed by atoms with Crippen molar-refractivity contribution in [3.63, 3.8) is 0 Å². The number of ether oxygens (including phenoxy) is 2. The molecule has 0 saturated heterocycles. The highest BCUT2D eigenvalue weighted by molar-refractivity contribution is 6.32. The smallest absolute Gasteiger partial charge is 0.265 e. The maximum absolute atomic E-state index is 13.0. The van der Waals surface area contributed by atoms with Crippen molar-refractivity contribution in [2.45, 2.75) is 20.0 Å². The van der Waals surface area contributed by atoms with Crippen LogP contribution in [0.15, 0.2) is 42.5 Å². The lowest BCUT2D eigenvalue weighted by Crippen LogP contribution is -2.30. The van der Waals surface area contributed by atoms with Crippen LogP contribution in [0.4, 0.5) is 10.1 Å². The number of anilines is 1. The largest absolute Gasteiger partial charge is 0.494 e. The van der Waals surface area contributed by atoms with E-state index in [2.05, 4.69) is 5.32 Å². The van der Waals surface area contributed by atoms with Gasteiger partial charge in [-0.25, -0.2) is 4.39 Å². The summed E-state index contributed by atoms with van der Waals surface area (Å²) < 4.78 is 23.8. The zero-order valence-corrected chi connectivity index (χ0v) is 13.6. The topological polar surface area (TPSA) is 47.6 Å². The van der Waals surface area contributed by atoms with Crippen molar-refractivity contribution in [1.29, 1.82) is 0 Å². The molecule has 0 radical (unpaired) electrons. The molecule has 23 heavy (non-hydrogen) atoms. The second-order valence-electron chi connectivity index (χ2n) is 4.78. The molecule has 1 atom stereocenters. The van der Waals surface area contributed by atoms with Crippen molar-refractivity contribution < 1.29 is 18.7 Å². The van der Waals surface area contributed by atoms with Gasteiger partial charge in [0.05, 0.1) is 11.6 Å². The molecule has 122 valence electrons. The summed E-state index contributed by atoms with van der Waals surface area (Å²) in [5.41, 5.74) is 0.624. The Morgan fingerprint density at radius 1 is 1.26 bits per heavy atom. The lowest BCUT2D eigenvalue weighted by atomic mass is 10.2. The van der Waals surface area contributed by atoms with Gasteiger partial charge in [-0.3, -0.25) is 4.79 Å². The summed E-state index contributed by atoms with van der Waals surface area (Å²) in [7, 11) is 0. The third kappa shape index (κ3) is 4.86. The summed E-state index contributed by atoms with van der Waals surface area (Å²) in [5.74, 6) is 0.179. The van der Waals surface area contributed by atoms with Crippen LogP contribution in [0.2, 0.25) is 5.02 Å². The van der Waals surface area contributed by atoms with Crippen LogP contribution in [0.5, 0.6) is 11.5 Å². The minimum atomic E-state index is -0.787. The summed E-state index contributed by atoms with van der Waals surface area (Å²) in [5, 5.41) is 2.84. The summed E-state index contributed by atoms with van der Waals surface area (Å²) >= 11 is 5.87. The highest BCUT2D eigenvalue weighted by Crippen LogP contribution is 2.26. The summed E-state index contributed by atoms with van der Waals surface area (Å²) in [6, 6.07) is 10.7. The molecular weight excluding hydrogens is 321 g/mol. The molecule has 0 spiro atoms. The molecule has 0 aliphatic carbocycles. The van der Waals surface area contributed by atoms with Gasteiger partial charge in [-0.05, 0) is 56.3 Å². The zero-order chi connectivity index (χ0) is 16.8. The van der Waals surface area contributed by atoms with Crippen molar-refractivity contribution in [3.05, 3.63) is 53.3 Å². The predicted molar refractivity (Wildman–Crippen MR) is 87.7 cm³/mol. The summed E-state index contributed by atoms with van der Waals surface area (Å²) in [6.07, 6.45) is -0.787. The summed E-state index contributed by atoms with van der Waals surface area (Å²) in [4.78, 5) is 12.1. The van der Waals surface area contributed by atoms with Gasteiger partial charge in [-0.2, -0.15) is 0 Å². The van der Waals surface area contributed by atoms with Crippen LogP contribution < -0.4 is 14.8 Å². The molecule has 2 aromatic rings. The summed E-state index contributed by atoms with van der Waals surface area (Å²) in [6.45, 7) is 4.06. The van der Waals surface area contributed by atoms with E-state index in [4.69, 9.17) is 21.1 Å². The molecule has 0 heterocycles. The fourth-order valence-corrected chi connectivity index (χ4v) is 2.07. The Bertz CT molecular complexity index is 676. The number of benzene rings is 2. The maximum Gasteiger partial charge on any atom is 0.265 e. The Kier molecular flexibility index (Phi) is 5.82. The molecule has 0 aliphatic heterocycles. The van der Waals surface area contributed by atoms with Crippen molar-refractivity contribution >= 4 is 23.2 Å². The molecule has 4 nitrogen and oxygen atoms in total. The Hall–Kier alpha value is -2.27. The second-order valence-corrected chi connectivity index (χ2v) is 5.19. The van der Waals surface area contributed by atoms with Crippen LogP contribution in [0.1, 0.15) is 13.8 Å². The lowest BCUT2D eigenvalue weighted by Gasteiger charge is -2.16. The van der Waals surface area contributed by atoms with Crippen molar-refractivity contribution in [1.82, 2.24) is 0 Å². The van der Waals surface area contributed by atoms with Gasteiger partial charge in [0, 0.05) is 5.69 Å². The van der Waals surface area contributed by atoms with Gasteiger partial charge >= 0.3 is 0 Å². The van der Waals surface area contributed by atoms with Gasteiger partial charge < -0.3 is 14.8 Å². The molecule has 2 aromatic carbocycles. The van der Waals surface area contributed by atoms with E-state index in [1.54, 1.807) is 31.2 Å². The second kappa shape index (κ2) is 7.83. The van der Waals surface area contributed by atoms with E-state index in [9.17, 15) is 9.18 Å². The molecule has 1 unspecified atom stereocenters. The van der Waals surface area contributed by atoms with E-state index < -0.39 is 11.9 Å². The number of halogens is 2. The monoisotopic (exact) mass is 337 g/mol. The normalized spacial score (nSPS) is 11.7. The fraction of sp³-hybridized carbons (Fsp3) is 0.235. The van der Waals surface area contributed by atoms with Crippen LogP contribution >= 0.6 is 11.6 Å². The number of hydrogen-bond acceptors (Lipinski definition) is 3. The van der Waals surface area contributed by atoms with Crippen LogP contribution in [0, 0.1) is 5.82 Å². The standard InChI is InChI=1S/C17H17ClFNO3/c1-3-22-14-7-5-13(6-8-14)20-17(21)11(2)23-16-9-4-12(19)10-15(16)18/h4-11H,3H2,1-2H3,(H,20,21). The van der Waals surface area contributed by atoms with Crippen LogP contribution in [0.25, 0.3) is 0 Å². The minimum absolute atomic E-state index is 0.116. The molecule has 1 N–H and O–H groups in total. The van der Waals surface area contributed by atoms with Crippen LogP contribution in [0.3, 0.4) is 0 Å². The Morgan fingerprint density at radius 2 is 1.96 bits per heavy atom. The first-order valence-electron chi connectivity index (χ1n) is 7.15. The molecule has 0 saturated carbocycles. The number of rotatable bonds is 6. The van der Waals surface area contributed by atoms with E-state index >= 15 is 0 Å². The number of carbonyl (C=O) groups is 1. The first kappa shape index (κ1) is 17.1. The molecule has 6 heteroatoms. The number of nitrogens with one attached hydrogen (secondary N) is 1. The zero-order valence-electron chi connectivity index (χ0n) is 12.8. The SMILES string of the molecule is CCOc1ccc(NC(=O)C(C)Oc2ccc(F)cc2Cl)cc1. The van der Waals surface area contributed by atoms with Crippen molar-refractivity contribution in [2.75, 3.05) is 11.9 Å². The van der Waals surface area contributed by atoms with E-state index in [1.807, 2.05) is 6.92 Å². The van der Waals surface area contributed by atoms with Crippen LogP contribution in [-0.2, 0) is 4.79 Å². The molecule has 0 bridgehead atoms. The third-order valence-electron chi connectivity index (χ3n) is 3.00. The van der Waals surface area contributed by atoms with Gasteiger partial charge in [0.1, 0.15) is 17.3 Å². The van der Waals surface area contributed by atoms with Gasteiger partial charge in [0.15, 0.2) is 6.10 Å². The van der Waals surface area contributed by atoms with Crippen molar-refractivity contribution in [3.8, 4) is 11.5 Å². The fourth-order valence-electron chi connectivity index (χ4n) is 1.86. The Balaban J connectivity index is 1.96. The highest BCUT2D eigenvalue weighted by Gasteiger charge is 2.16. The van der Waals surface area contributed by atoms with E-state index in [0.717, 1.165) is 11.8 Å². The van der Waals surface area contributed by atoms with E-state index in [1.165, 1.54) is 12.1 Å². The predicted octanol–water partition coefficient (Wildman–Crippen LogP) is 4.28. The molecule has 0 aromatic heterocycles. The average Bonchev–Trinajstić information content (AvgIpc) is 2.52. The number of amides is 1. The molecule has 2 rings (SSSR count). The lowest BCUT2D eigenvalue weighted by molar-refractivity contribution is -0.122. The van der Waals surface area contributed by atoms with E-state index in [-0.39, 0.29) is 16.7 Å². The average molecular weight is 338 g/mol. The van der Waals surface area contributed by atoms with Crippen molar-refractivity contribution in [2.24, 2.45) is 0 Å². The van der Waals surface area contributed by atoms with Crippen LogP contribution in [-0.4, -0.2) is 18.6 Å². The quantitative estimate of drug-likeness (QED) is 0.855. The molecule has 1 amide bonds. The first-order chi connectivity index (χ1) is 11.0. The first-order valence-corrected chi connectivity index (χ1v) is 7.53. The molecule has 0 aliphatic rings. The Labute approximate surface area is 139 Å². The number of hydrogen-bond donors (Lipinski definition) is 1. The van der Waals surface area contributed by atoms with Gasteiger partial charge in [-0.1, -0.05) is 11.6 Å². The van der Waals surface area contributed by atoms with Gasteiger partial charge in [0.25, 0.3) is 5.91 Å². The Morgan fingerprint density at radius 3 is 2.57 bits per heavy atom. The van der Waals surface area contributed by atoms with Gasteiger partial charge in [0.2, 0.25) is 0 Å². The van der Waals surface area contributed by atoms with Gasteiger partial charge in [-0.15, -0.1) is 0 Å². The minimum Gasteiger partial charge on any atom is -0.494 e. The number of carbonyl (C=O) groups excluding carboxylic acids is 1. The molecule has 0 fully saturated rings. The molecular formula is C17H17ClFNO3. The highest BCUT2D eigenvalue weighted by atomic mass is 35.5.